The van der Waals surface area contributed by atoms with Crippen LogP contribution in [0.1, 0.15) is 31.4 Å². The highest BCUT2D eigenvalue weighted by Gasteiger charge is 2.38. The molecule has 0 radical (unpaired) electrons. The Morgan fingerprint density at radius 1 is 1.50 bits per heavy atom. The van der Waals surface area contributed by atoms with E-state index < -0.39 is 0 Å². The highest BCUT2D eigenvalue weighted by molar-refractivity contribution is 5.76. The molecule has 1 fully saturated rings. The first-order valence-corrected chi connectivity index (χ1v) is 6.49. The molecular formula is C14H21N3O. The molecule has 0 spiro atoms. The Kier molecular flexibility index (Phi) is 3.97. The molecule has 1 aromatic rings. The molecule has 2 rings (SSSR count). The Morgan fingerprint density at radius 3 is 2.78 bits per heavy atom. The van der Waals surface area contributed by atoms with Crippen LogP contribution in [0.5, 0.6) is 0 Å². The molecule has 1 aromatic heterocycles. The summed E-state index contributed by atoms with van der Waals surface area (Å²) in [6, 6.07) is 5.75. The van der Waals surface area contributed by atoms with Gasteiger partial charge in [0.25, 0.3) is 0 Å². The van der Waals surface area contributed by atoms with E-state index in [2.05, 4.69) is 4.98 Å². The molecule has 0 bridgehead atoms. The summed E-state index contributed by atoms with van der Waals surface area (Å²) >= 11 is 0. The summed E-state index contributed by atoms with van der Waals surface area (Å²) in [5.41, 5.74) is 6.79. The molecule has 1 amide bonds. The number of hydrogen-bond acceptors (Lipinski definition) is 3. The van der Waals surface area contributed by atoms with E-state index in [1.807, 2.05) is 25.2 Å². The Hall–Kier alpha value is -1.42. The summed E-state index contributed by atoms with van der Waals surface area (Å²) in [5, 5.41) is 0. The maximum absolute atomic E-state index is 12.2. The molecular weight excluding hydrogens is 226 g/mol. The van der Waals surface area contributed by atoms with E-state index in [-0.39, 0.29) is 11.3 Å². The lowest BCUT2D eigenvalue weighted by atomic mass is 9.66. The molecule has 4 nitrogen and oxygen atoms in total. The van der Waals surface area contributed by atoms with E-state index in [9.17, 15) is 4.79 Å². The molecule has 4 heteroatoms. The van der Waals surface area contributed by atoms with Gasteiger partial charge in [-0.25, -0.2) is 0 Å². The average molecular weight is 247 g/mol. The van der Waals surface area contributed by atoms with Gasteiger partial charge in [0.15, 0.2) is 0 Å². The van der Waals surface area contributed by atoms with Crippen LogP contribution in [0, 0.1) is 5.41 Å². The van der Waals surface area contributed by atoms with Crippen molar-refractivity contribution in [1.29, 1.82) is 0 Å². The zero-order valence-corrected chi connectivity index (χ0v) is 10.9. The van der Waals surface area contributed by atoms with Gasteiger partial charge in [-0.3, -0.25) is 9.78 Å². The molecule has 0 saturated heterocycles. The summed E-state index contributed by atoms with van der Waals surface area (Å²) in [4.78, 5) is 18.1. The number of nitrogens with zero attached hydrogens (tertiary/aromatic N) is 2. The number of aromatic nitrogens is 1. The van der Waals surface area contributed by atoms with Gasteiger partial charge in [0.2, 0.25) is 5.91 Å². The number of carbonyl (C=O) groups excluding carboxylic acids is 1. The van der Waals surface area contributed by atoms with E-state index in [0.717, 1.165) is 18.5 Å². The number of carbonyl (C=O) groups is 1. The molecule has 0 aliphatic heterocycles. The lowest BCUT2D eigenvalue weighted by molar-refractivity contribution is -0.134. The Bertz CT molecular complexity index is 395. The van der Waals surface area contributed by atoms with Crippen LogP contribution in [0.3, 0.4) is 0 Å². The van der Waals surface area contributed by atoms with Crippen LogP contribution < -0.4 is 5.73 Å². The fourth-order valence-corrected chi connectivity index (χ4v) is 2.41. The average Bonchev–Trinajstić information content (AvgIpc) is 2.34. The minimum atomic E-state index is 0.0788. The van der Waals surface area contributed by atoms with Gasteiger partial charge in [-0.1, -0.05) is 12.5 Å². The predicted octanol–water partition coefficient (Wildman–Crippen LogP) is 1.56. The molecule has 0 aromatic carbocycles. The number of pyridine rings is 1. The molecule has 1 aliphatic rings. The molecule has 1 aliphatic carbocycles. The van der Waals surface area contributed by atoms with Gasteiger partial charge in [0, 0.05) is 19.7 Å². The van der Waals surface area contributed by atoms with Gasteiger partial charge in [-0.2, -0.15) is 0 Å². The van der Waals surface area contributed by atoms with Crippen LogP contribution in [0.25, 0.3) is 0 Å². The lowest BCUT2D eigenvalue weighted by Gasteiger charge is -2.41. The third kappa shape index (κ3) is 2.88. The highest BCUT2D eigenvalue weighted by Crippen LogP contribution is 2.43. The first-order valence-electron chi connectivity index (χ1n) is 6.49. The van der Waals surface area contributed by atoms with Crippen LogP contribution in [0.15, 0.2) is 24.4 Å². The zero-order chi connectivity index (χ0) is 13.0. The third-order valence-corrected chi connectivity index (χ3v) is 3.92. The maximum atomic E-state index is 12.2. The van der Waals surface area contributed by atoms with Crippen LogP contribution in [0.4, 0.5) is 0 Å². The third-order valence-electron chi connectivity index (χ3n) is 3.92. The van der Waals surface area contributed by atoms with Gasteiger partial charge in [0.1, 0.15) is 0 Å². The summed E-state index contributed by atoms with van der Waals surface area (Å²) in [7, 11) is 1.83. The van der Waals surface area contributed by atoms with E-state index in [0.29, 0.717) is 19.5 Å². The predicted molar refractivity (Wildman–Crippen MR) is 70.7 cm³/mol. The van der Waals surface area contributed by atoms with E-state index in [1.165, 1.54) is 6.42 Å². The van der Waals surface area contributed by atoms with Crippen molar-refractivity contribution in [3.05, 3.63) is 30.1 Å². The summed E-state index contributed by atoms with van der Waals surface area (Å²) in [6.45, 7) is 1.19. The van der Waals surface area contributed by atoms with Gasteiger partial charge < -0.3 is 10.6 Å². The molecule has 98 valence electrons. The largest absolute Gasteiger partial charge is 0.340 e. The van der Waals surface area contributed by atoms with Crippen molar-refractivity contribution in [1.82, 2.24) is 9.88 Å². The summed E-state index contributed by atoms with van der Waals surface area (Å²) in [6.07, 6.45) is 5.71. The molecule has 18 heavy (non-hydrogen) atoms. The minimum Gasteiger partial charge on any atom is -0.340 e. The number of nitrogens with two attached hydrogens (primary N) is 1. The fraction of sp³-hybridized carbons (Fsp3) is 0.571. The van der Waals surface area contributed by atoms with Crippen LogP contribution >= 0.6 is 0 Å². The van der Waals surface area contributed by atoms with Gasteiger partial charge >= 0.3 is 0 Å². The molecule has 0 atom stereocenters. The van der Waals surface area contributed by atoms with E-state index in [1.54, 1.807) is 11.1 Å². The molecule has 1 heterocycles. The van der Waals surface area contributed by atoms with Gasteiger partial charge in [-0.15, -0.1) is 0 Å². The van der Waals surface area contributed by atoms with Crippen molar-refractivity contribution in [2.75, 3.05) is 13.6 Å². The Morgan fingerprint density at radius 2 is 2.28 bits per heavy atom. The second-order valence-corrected chi connectivity index (χ2v) is 5.31. The zero-order valence-electron chi connectivity index (χ0n) is 10.9. The van der Waals surface area contributed by atoms with Crippen molar-refractivity contribution >= 4 is 5.91 Å². The van der Waals surface area contributed by atoms with E-state index >= 15 is 0 Å². The normalized spacial score (nSPS) is 17.0. The standard InChI is InChI=1S/C14H21N3O/c1-17(10-12-5-2-3-8-16-12)13(18)9-14(11-15)6-4-7-14/h2-3,5,8H,4,6-7,9-11,15H2,1H3. The van der Waals surface area contributed by atoms with Crippen molar-refractivity contribution in [2.45, 2.75) is 32.2 Å². The smallest absolute Gasteiger partial charge is 0.223 e. The first kappa shape index (κ1) is 13.0. The molecule has 0 unspecified atom stereocenters. The monoisotopic (exact) mass is 247 g/mol. The van der Waals surface area contributed by atoms with Crippen molar-refractivity contribution in [3.63, 3.8) is 0 Å². The van der Waals surface area contributed by atoms with E-state index in [4.69, 9.17) is 5.73 Å². The van der Waals surface area contributed by atoms with Gasteiger partial charge in [-0.05, 0) is 36.9 Å². The molecule has 1 saturated carbocycles. The number of amides is 1. The summed E-state index contributed by atoms with van der Waals surface area (Å²) in [5.74, 6) is 0.172. The SMILES string of the molecule is CN(Cc1ccccn1)C(=O)CC1(CN)CCC1. The van der Waals surface area contributed by atoms with Crippen molar-refractivity contribution in [2.24, 2.45) is 11.1 Å². The Labute approximate surface area is 108 Å². The fourth-order valence-electron chi connectivity index (χ4n) is 2.41. The number of rotatable bonds is 5. The second-order valence-electron chi connectivity index (χ2n) is 5.31. The molecule has 2 N–H and O–H groups in total. The first-order chi connectivity index (χ1) is 8.65. The second kappa shape index (κ2) is 5.48. The maximum Gasteiger partial charge on any atom is 0.223 e. The minimum absolute atomic E-state index is 0.0788. The van der Waals surface area contributed by atoms with Crippen LogP contribution in [0.2, 0.25) is 0 Å². The van der Waals surface area contributed by atoms with Crippen molar-refractivity contribution in [3.8, 4) is 0 Å². The topological polar surface area (TPSA) is 59.2 Å². The van der Waals surface area contributed by atoms with Crippen LogP contribution in [-0.2, 0) is 11.3 Å². The van der Waals surface area contributed by atoms with Gasteiger partial charge in [0.05, 0.1) is 12.2 Å². The summed E-state index contributed by atoms with van der Waals surface area (Å²) < 4.78 is 0. The lowest BCUT2D eigenvalue weighted by Crippen LogP contribution is -2.42. The highest BCUT2D eigenvalue weighted by atomic mass is 16.2. The number of hydrogen-bond donors (Lipinski definition) is 1. The Balaban J connectivity index is 1.89. The van der Waals surface area contributed by atoms with Crippen molar-refractivity contribution < 1.29 is 4.79 Å². The quantitative estimate of drug-likeness (QED) is 0.859. The van der Waals surface area contributed by atoms with Crippen LogP contribution in [-0.4, -0.2) is 29.4 Å².